The zero-order valence-corrected chi connectivity index (χ0v) is 14.4. The Morgan fingerprint density at radius 3 is 2.48 bits per heavy atom. The third-order valence-electron chi connectivity index (χ3n) is 4.79. The Morgan fingerprint density at radius 1 is 1.04 bits per heavy atom. The van der Waals surface area contributed by atoms with Crippen molar-refractivity contribution >= 4 is 11.9 Å². The monoisotopic (exact) mass is 338 g/mol. The van der Waals surface area contributed by atoms with Crippen LogP contribution in [0.1, 0.15) is 23.6 Å². The first kappa shape index (κ1) is 17.2. The van der Waals surface area contributed by atoms with Gasteiger partial charge in [-0.15, -0.1) is 0 Å². The standard InChI is InChI=1S/C20H23N3O2/c1-15(23-12-11-17-9-5-6-10-18(17)14-23)19(24)22-20(25)21-13-16-7-3-2-4-8-16/h2-10,15H,11-14H2,1H3,(H2,21,22,24,25)/p+1/t15-/m1/s1. The van der Waals surface area contributed by atoms with Gasteiger partial charge in [-0.25, -0.2) is 4.79 Å². The number of imide groups is 1. The highest BCUT2D eigenvalue weighted by atomic mass is 16.2. The third kappa shape index (κ3) is 4.45. The van der Waals surface area contributed by atoms with E-state index >= 15 is 0 Å². The molecule has 2 atom stereocenters. The second-order valence-electron chi connectivity index (χ2n) is 6.48. The molecule has 1 aliphatic heterocycles. The second-order valence-corrected chi connectivity index (χ2v) is 6.48. The van der Waals surface area contributed by atoms with Crippen LogP contribution >= 0.6 is 0 Å². The average molecular weight is 338 g/mol. The molecule has 1 aliphatic rings. The van der Waals surface area contributed by atoms with E-state index in [0.29, 0.717) is 6.54 Å². The molecule has 130 valence electrons. The molecule has 0 radical (unpaired) electrons. The maximum absolute atomic E-state index is 12.4. The molecule has 0 spiro atoms. The van der Waals surface area contributed by atoms with Crippen molar-refractivity contribution in [3.05, 3.63) is 71.3 Å². The molecule has 2 aromatic rings. The maximum Gasteiger partial charge on any atom is 0.321 e. The third-order valence-corrected chi connectivity index (χ3v) is 4.79. The van der Waals surface area contributed by atoms with Crippen LogP contribution in [-0.2, 0) is 24.3 Å². The number of hydrogen-bond donors (Lipinski definition) is 3. The van der Waals surface area contributed by atoms with E-state index in [1.165, 1.54) is 16.0 Å². The lowest BCUT2D eigenvalue weighted by Crippen LogP contribution is -3.16. The predicted molar refractivity (Wildman–Crippen MR) is 96.0 cm³/mol. The fourth-order valence-corrected chi connectivity index (χ4v) is 3.20. The van der Waals surface area contributed by atoms with Crippen molar-refractivity contribution < 1.29 is 14.5 Å². The van der Waals surface area contributed by atoms with E-state index < -0.39 is 6.03 Å². The second kappa shape index (κ2) is 7.94. The van der Waals surface area contributed by atoms with Gasteiger partial charge in [-0.3, -0.25) is 10.1 Å². The van der Waals surface area contributed by atoms with Gasteiger partial charge in [0.05, 0.1) is 6.54 Å². The molecular formula is C20H24N3O2+. The van der Waals surface area contributed by atoms with Crippen molar-refractivity contribution in [1.29, 1.82) is 0 Å². The Kier molecular flexibility index (Phi) is 5.46. The summed E-state index contributed by atoms with van der Waals surface area (Å²) in [7, 11) is 0. The van der Waals surface area contributed by atoms with Crippen LogP contribution in [0, 0.1) is 0 Å². The van der Waals surface area contributed by atoms with Gasteiger partial charge in [0.2, 0.25) is 0 Å². The summed E-state index contributed by atoms with van der Waals surface area (Å²) in [5, 5.41) is 5.18. The van der Waals surface area contributed by atoms with E-state index in [1.807, 2.05) is 43.3 Å². The van der Waals surface area contributed by atoms with Crippen LogP contribution in [0.5, 0.6) is 0 Å². The van der Waals surface area contributed by atoms with Gasteiger partial charge in [0.15, 0.2) is 6.04 Å². The van der Waals surface area contributed by atoms with Crippen LogP contribution in [0.4, 0.5) is 4.79 Å². The van der Waals surface area contributed by atoms with Crippen LogP contribution < -0.4 is 15.5 Å². The number of nitrogens with one attached hydrogen (secondary N) is 3. The van der Waals surface area contributed by atoms with Crippen LogP contribution in [0.2, 0.25) is 0 Å². The molecule has 2 aromatic carbocycles. The molecular weight excluding hydrogens is 314 g/mol. The molecule has 0 fully saturated rings. The summed E-state index contributed by atoms with van der Waals surface area (Å²) >= 11 is 0. The first-order valence-electron chi connectivity index (χ1n) is 8.67. The Hall–Kier alpha value is -2.66. The van der Waals surface area contributed by atoms with Crippen LogP contribution in [0.25, 0.3) is 0 Å². The lowest BCUT2D eigenvalue weighted by atomic mass is 9.99. The summed E-state index contributed by atoms with van der Waals surface area (Å²) in [5.74, 6) is -0.236. The quantitative estimate of drug-likeness (QED) is 0.780. The number of carbonyl (C=O) groups is 2. The molecule has 1 heterocycles. The Labute approximate surface area is 148 Å². The summed E-state index contributed by atoms with van der Waals surface area (Å²) in [6.07, 6.45) is 0.962. The summed E-state index contributed by atoms with van der Waals surface area (Å²) in [6, 6.07) is 17.3. The van der Waals surface area contributed by atoms with Gasteiger partial charge in [0, 0.05) is 18.5 Å². The molecule has 1 unspecified atom stereocenters. The van der Waals surface area contributed by atoms with Gasteiger partial charge >= 0.3 is 6.03 Å². The number of benzene rings is 2. The van der Waals surface area contributed by atoms with E-state index in [2.05, 4.69) is 28.8 Å². The zero-order valence-electron chi connectivity index (χ0n) is 14.4. The van der Waals surface area contributed by atoms with E-state index in [1.54, 1.807) is 0 Å². The lowest BCUT2D eigenvalue weighted by Gasteiger charge is -2.29. The first-order valence-corrected chi connectivity index (χ1v) is 8.67. The average Bonchev–Trinajstić information content (AvgIpc) is 2.66. The number of quaternary nitrogens is 1. The minimum Gasteiger partial charge on any atom is -0.334 e. The number of rotatable bonds is 4. The van der Waals surface area contributed by atoms with Gasteiger partial charge in [0.25, 0.3) is 5.91 Å². The molecule has 0 saturated carbocycles. The van der Waals surface area contributed by atoms with E-state index in [4.69, 9.17) is 0 Å². The minimum absolute atomic E-state index is 0.236. The van der Waals surface area contributed by atoms with Gasteiger partial charge in [0.1, 0.15) is 6.54 Å². The van der Waals surface area contributed by atoms with E-state index in [9.17, 15) is 9.59 Å². The molecule has 25 heavy (non-hydrogen) atoms. The van der Waals surface area contributed by atoms with Gasteiger partial charge in [-0.05, 0) is 18.1 Å². The Morgan fingerprint density at radius 2 is 1.72 bits per heavy atom. The number of hydrogen-bond acceptors (Lipinski definition) is 2. The highest BCUT2D eigenvalue weighted by molar-refractivity contribution is 5.96. The van der Waals surface area contributed by atoms with Crippen molar-refractivity contribution in [3.8, 4) is 0 Å². The maximum atomic E-state index is 12.4. The summed E-state index contributed by atoms with van der Waals surface area (Å²) in [4.78, 5) is 25.5. The van der Waals surface area contributed by atoms with E-state index in [0.717, 1.165) is 25.1 Å². The topological polar surface area (TPSA) is 62.6 Å². The molecule has 5 nitrogen and oxygen atoms in total. The van der Waals surface area contributed by atoms with Crippen molar-refractivity contribution in [2.45, 2.75) is 32.5 Å². The van der Waals surface area contributed by atoms with Crippen LogP contribution in [0.3, 0.4) is 0 Å². The molecule has 0 saturated heterocycles. The Balaban J connectivity index is 1.50. The lowest BCUT2D eigenvalue weighted by molar-refractivity contribution is -0.929. The molecule has 3 rings (SSSR count). The number of urea groups is 1. The van der Waals surface area contributed by atoms with E-state index in [-0.39, 0.29) is 11.9 Å². The smallest absolute Gasteiger partial charge is 0.321 e. The van der Waals surface area contributed by atoms with Gasteiger partial charge in [-0.2, -0.15) is 0 Å². The SMILES string of the molecule is C[C@H](C(=O)NC(=O)NCc1ccccc1)[NH+]1CCc2ccccc2C1. The van der Waals surface area contributed by atoms with Crippen molar-refractivity contribution in [2.24, 2.45) is 0 Å². The molecule has 3 N–H and O–H groups in total. The number of carbonyl (C=O) groups excluding carboxylic acids is 2. The highest BCUT2D eigenvalue weighted by Crippen LogP contribution is 2.10. The largest absolute Gasteiger partial charge is 0.334 e. The fraction of sp³-hybridized carbons (Fsp3) is 0.300. The van der Waals surface area contributed by atoms with Gasteiger partial charge < -0.3 is 10.2 Å². The van der Waals surface area contributed by atoms with Crippen LogP contribution in [0.15, 0.2) is 54.6 Å². The zero-order chi connectivity index (χ0) is 17.6. The van der Waals surface area contributed by atoms with Crippen molar-refractivity contribution in [3.63, 3.8) is 0 Å². The molecule has 0 aliphatic carbocycles. The number of fused-ring (bicyclic) bond motifs is 1. The molecule has 0 aromatic heterocycles. The summed E-state index contributed by atoms with van der Waals surface area (Å²) in [6.45, 7) is 4.00. The summed E-state index contributed by atoms with van der Waals surface area (Å²) < 4.78 is 0. The highest BCUT2D eigenvalue weighted by Gasteiger charge is 2.29. The fourth-order valence-electron chi connectivity index (χ4n) is 3.20. The first-order chi connectivity index (χ1) is 12.1. The number of amides is 3. The van der Waals surface area contributed by atoms with Crippen LogP contribution in [-0.4, -0.2) is 24.5 Å². The normalized spacial score (nSPS) is 17.2. The minimum atomic E-state index is -0.447. The molecule has 5 heteroatoms. The molecule has 0 bridgehead atoms. The van der Waals surface area contributed by atoms with Gasteiger partial charge in [-0.1, -0.05) is 54.6 Å². The summed E-state index contributed by atoms with van der Waals surface area (Å²) in [5.41, 5.74) is 3.65. The predicted octanol–water partition coefficient (Wildman–Crippen LogP) is 1.04. The van der Waals surface area contributed by atoms with Crippen molar-refractivity contribution in [2.75, 3.05) is 6.54 Å². The van der Waals surface area contributed by atoms with Crippen molar-refractivity contribution in [1.82, 2.24) is 10.6 Å². The Bertz CT molecular complexity index is 746. The molecule has 3 amide bonds.